The normalized spacial score (nSPS) is 13.7. The fourth-order valence-electron chi connectivity index (χ4n) is 1.95. The third kappa shape index (κ3) is 5.38. The molecule has 0 saturated carbocycles. The van der Waals surface area contributed by atoms with Crippen molar-refractivity contribution >= 4 is 11.6 Å². The Labute approximate surface area is 130 Å². The van der Waals surface area contributed by atoms with E-state index in [1.807, 2.05) is 18.2 Å². The number of aliphatic hydroxyl groups excluding tert-OH is 1. The largest absolute Gasteiger partial charge is 0.491 e. The molecule has 2 N–H and O–H groups in total. The number of hydrogen-bond acceptors (Lipinski definition) is 3. The Kier molecular flexibility index (Phi) is 6.05. The quantitative estimate of drug-likeness (QED) is 0.823. The lowest BCUT2D eigenvalue weighted by atomic mass is 10.1. The van der Waals surface area contributed by atoms with E-state index in [1.54, 1.807) is 24.3 Å². The van der Waals surface area contributed by atoms with Gasteiger partial charge >= 0.3 is 0 Å². The molecule has 0 spiro atoms. The fraction of sp³-hybridized carbons (Fsp3) is 0.294. The van der Waals surface area contributed by atoms with Gasteiger partial charge in [-0.25, -0.2) is 0 Å². The van der Waals surface area contributed by atoms with Gasteiger partial charge in [-0.05, 0) is 36.8 Å². The van der Waals surface area contributed by atoms with E-state index in [-0.39, 0.29) is 12.6 Å². The predicted octanol–water partition coefficient (Wildman–Crippen LogP) is 3.43. The highest BCUT2D eigenvalue weighted by molar-refractivity contribution is 6.30. The van der Waals surface area contributed by atoms with E-state index in [0.29, 0.717) is 17.3 Å². The summed E-state index contributed by atoms with van der Waals surface area (Å²) in [5.74, 6) is 0.703. The van der Waals surface area contributed by atoms with Gasteiger partial charge in [0, 0.05) is 17.6 Å². The number of ether oxygens (including phenoxy) is 1. The minimum absolute atomic E-state index is 0.191. The van der Waals surface area contributed by atoms with Crippen LogP contribution >= 0.6 is 11.6 Å². The zero-order valence-corrected chi connectivity index (χ0v) is 12.8. The highest BCUT2D eigenvalue weighted by Gasteiger charge is 2.09. The molecule has 2 atom stereocenters. The molecule has 0 bridgehead atoms. The number of rotatable bonds is 7. The van der Waals surface area contributed by atoms with Crippen molar-refractivity contribution in [3.8, 4) is 5.75 Å². The molecular formula is C17H20ClNO2. The summed E-state index contributed by atoms with van der Waals surface area (Å²) in [5.41, 5.74) is 1.20. The van der Waals surface area contributed by atoms with Crippen molar-refractivity contribution in [3.63, 3.8) is 0 Å². The highest BCUT2D eigenvalue weighted by atomic mass is 35.5. The Hall–Kier alpha value is -1.55. The van der Waals surface area contributed by atoms with Crippen molar-refractivity contribution in [1.29, 1.82) is 0 Å². The van der Waals surface area contributed by atoms with Crippen molar-refractivity contribution in [2.24, 2.45) is 0 Å². The molecule has 2 aromatic carbocycles. The van der Waals surface area contributed by atoms with E-state index in [4.69, 9.17) is 16.3 Å². The average Bonchev–Trinajstić information content (AvgIpc) is 2.53. The van der Waals surface area contributed by atoms with Crippen LogP contribution in [0.1, 0.15) is 18.5 Å². The molecule has 0 amide bonds. The average molecular weight is 306 g/mol. The number of hydrogen-bond donors (Lipinski definition) is 2. The minimum Gasteiger partial charge on any atom is -0.491 e. The van der Waals surface area contributed by atoms with Crippen LogP contribution in [0.15, 0.2) is 54.6 Å². The summed E-state index contributed by atoms with van der Waals surface area (Å²) in [6, 6.07) is 17.4. The molecule has 0 aliphatic rings. The van der Waals surface area contributed by atoms with E-state index in [2.05, 4.69) is 24.4 Å². The summed E-state index contributed by atoms with van der Waals surface area (Å²) in [5, 5.41) is 13.9. The molecule has 0 heterocycles. The van der Waals surface area contributed by atoms with Crippen LogP contribution in [0.4, 0.5) is 0 Å². The maximum absolute atomic E-state index is 9.95. The van der Waals surface area contributed by atoms with Crippen LogP contribution in [0.5, 0.6) is 5.75 Å². The summed E-state index contributed by atoms with van der Waals surface area (Å²) >= 11 is 5.80. The molecule has 0 aliphatic carbocycles. The molecule has 4 heteroatoms. The number of nitrogens with one attached hydrogen (secondary N) is 1. The van der Waals surface area contributed by atoms with E-state index >= 15 is 0 Å². The van der Waals surface area contributed by atoms with Gasteiger partial charge in [0.2, 0.25) is 0 Å². The first-order valence-corrected chi connectivity index (χ1v) is 7.37. The monoisotopic (exact) mass is 305 g/mol. The second-order valence-corrected chi connectivity index (χ2v) is 5.40. The summed E-state index contributed by atoms with van der Waals surface area (Å²) in [7, 11) is 0. The first-order valence-electron chi connectivity index (χ1n) is 7.00. The van der Waals surface area contributed by atoms with Crippen LogP contribution in [0.2, 0.25) is 5.02 Å². The lowest BCUT2D eigenvalue weighted by molar-refractivity contribution is 0.104. The molecule has 1 unspecified atom stereocenters. The third-order valence-corrected chi connectivity index (χ3v) is 3.47. The van der Waals surface area contributed by atoms with Crippen molar-refractivity contribution in [2.45, 2.75) is 19.1 Å². The zero-order valence-electron chi connectivity index (χ0n) is 12.0. The maximum atomic E-state index is 9.95. The van der Waals surface area contributed by atoms with Crippen molar-refractivity contribution in [2.75, 3.05) is 13.2 Å². The van der Waals surface area contributed by atoms with Gasteiger partial charge in [-0.1, -0.05) is 41.9 Å². The SMILES string of the molecule is C[C@H](NCC(O)COc1ccc(Cl)cc1)c1ccccc1. The number of aliphatic hydroxyl groups is 1. The number of halogens is 1. The molecule has 112 valence electrons. The summed E-state index contributed by atoms with van der Waals surface area (Å²) in [4.78, 5) is 0. The van der Waals surface area contributed by atoms with Crippen LogP contribution in [-0.4, -0.2) is 24.4 Å². The fourth-order valence-corrected chi connectivity index (χ4v) is 2.08. The van der Waals surface area contributed by atoms with Gasteiger partial charge in [0.1, 0.15) is 18.5 Å². The van der Waals surface area contributed by atoms with Gasteiger partial charge < -0.3 is 15.2 Å². The van der Waals surface area contributed by atoms with Crippen LogP contribution in [-0.2, 0) is 0 Å². The second-order valence-electron chi connectivity index (χ2n) is 4.96. The molecule has 0 aliphatic heterocycles. The van der Waals surface area contributed by atoms with Crippen molar-refractivity contribution in [3.05, 3.63) is 65.2 Å². The van der Waals surface area contributed by atoms with Gasteiger partial charge in [-0.15, -0.1) is 0 Å². The van der Waals surface area contributed by atoms with Crippen LogP contribution in [0.3, 0.4) is 0 Å². The predicted molar refractivity (Wildman–Crippen MR) is 85.8 cm³/mol. The first kappa shape index (κ1) is 15.8. The van der Waals surface area contributed by atoms with Crippen LogP contribution in [0, 0.1) is 0 Å². The zero-order chi connectivity index (χ0) is 15.1. The first-order chi connectivity index (χ1) is 10.1. The number of benzene rings is 2. The third-order valence-electron chi connectivity index (χ3n) is 3.22. The molecule has 21 heavy (non-hydrogen) atoms. The van der Waals surface area contributed by atoms with Gasteiger partial charge in [-0.2, -0.15) is 0 Å². The molecule has 0 radical (unpaired) electrons. The molecular weight excluding hydrogens is 286 g/mol. The Morgan fingerprint density at radius 1 is 1.10 bits per heavy atom. The summed E-state index contributed by atoms with van der Waals surface area (Å²) < 4.78 is 5.51. The minimum atomic E-state index is -0.563. The van der Waals surface area contributed by atoms with Crippen LogP contribution in [0.25, 0.3) is 0 Å². The van der Waals surface area contributed by atoms with Gasteiger partial charge in [-0.3, -0.25) is 0 Å². The lowest BCUT2D eigenvalue weighted by Gasteiger charge is -2.18. The lowest BCUT2D eigenvalue weighted by Crippen LogP contribution is -2.33. The smallest absolute Gasteiger partial charge is 0.119 e. The Morgan fingerprint density at radius 3 is 2.43 bits per heavy atom. The van der Waals surface area contributed by atoms with Gasteiger partial charge in [0.05, 0.1) is 0 Å². The van der Waals surface area contributed by atoms with E-state index in [9.17, 15) is 5.11 Å². The topological polar surface area (TPSA) is 41.5 Å². The summed E-state index contributed by atoms with van der Waals surface area (Å²) in [6.45, 7) is 2.79. The van der Waals surface area contributed by atoms with E-state index < -0.39 is 6.10 Å². The standard InChI is InChI=1S/C17H20ClNO2/c1-13(14-5-3-2-4-6-14)19-11-16(20)12-21-17-9-7-15(18)8-10-17/h2-10,13,16,19-20H,11-12H2,1H3/t13-,16?/m0/s1. The Bertz CT molecular complexity index is 530. The molecule has 0 fully saturated rings. The van der Waals surface area contributed by atoms with Gasteiger partial charge in [0.15, 0.2) is 0 Å². The van der Waals surface area contributed by atoms with E-state index in [0.717, 1.165) is 0 Å². The van der Waals surface area contributed by atoms with Gasteiger partial charge in [0.25, 0.3) is 0 Å². The second kappa shape index (κ2) is 8.03. The molecule has 3 nitrogen and oxygen atoms in total. The Balaban J connectivity index is 1.72. The molecule has 2 aromatic rings. The molecule has 2 rings (SSSR count). The molecule has 0 aromatic heterocycles. The highest BCUT2D eigenvalue weighted by Crippen LogP contribution is 2.15. The summed E-state index contributed by atoms with van der Waals surface area (Å²) in [6.07, 6.45) is -0.563. The van der Waals surface area contributed by atoms with Crippen LogP contribution < -0.4 is 10.1 Å². The Morgan fingerprint density at radius 2 is 1.76 bits per heavy atom. The molecule has 0 saturated heterocycles. The maximum Gasteiger partial charge on any atom is 0.119 e. The van der Waals surface area contributed by atoms with Crippen molar-refractivity contribution < 1.29 is 9.84 Å². The van der Waals surface area contributed by atoms with E-state index in [1.165, 1.54) is 5.56 Å². The van der Waals surface area contributed by atoms with Crippen molar-refractivity contribution in [1.82, 2.24) is 5.32 Å².